The van der Waals surface area contributed by atoms with Crippen molar-refractivity contribution in [3.8, 4) is 21.8 Å². The van der Waals surface area contributed by atoms with Gasteiger partial charge < -0.3 is 4.90 Å². The molecule has 0 N–H and O–H groups in total. The first kappa shape index (κ1) is 18.7. The van der Waals surface area contributed by atoms with Gasteiger partial charge in [-0.1, -0.05) is 6.07 Å². The Labute approximate surface area is 177 Å². The second-order valence-electron chi connectivity index (χ2n) is 7.57. The van der Waals surface area contributed by atoms with Crippen molar-refractivity contribution in [2.45, 2.75) is 25.8 Å². The highest BCUT2D eigenvalue weighted by Crippen LogP contribution is 2.39. The third kappa shape index (κ3) is 3.23. The molecule has 148 valence electrons. The quantitative estimate of drug-likeness (QED) is 0.475. The van der Waals surface area contributed by atoms with E-state index in [1.807, 2.05) is 22.8 Å². The summed E-state index contributed by atoms with van der Waals surface area (Å²) in [4.78, 5) is 28.6. The topological polar surface area (TPSA) is 51.0 Å². The normalized spacial score (nSPS) is 15.9. The van der Waals surface area contributed by atoms with Crippen LogP contribution in [0, 0.1) is 6.92 Å². The molecule has 0 spiro atoms. The van der Waals surface area contributed by atoms with Crippen LogP contribution in [0.5, 0.6) is 0 Å². The lowest BCUT2D eigenvalue weighted by molar-refractivity contribution is 0.219. The molecule has 5 rings (SSSR count). The predicted octanol–water partition coefficient (Wildman–Crippen LogP) is 4.82. The average molecular weight is 423 g/mol. The molecule has 0 amide bonds. The van der Waals surface area contributed by atoms with Crippen LogP contribution in [0.4, 0.5) is 0 Å². The minimum absolute atomic E-state index is 0.0871. The standard InChI is InChI=1S/C22H22N4OS2/c1-14-18(17-4-3-13-28-17)19-21(29-14)24-20(15-5-9-23-10-6-15)26(22(19)27)16-7-11-25(2)12-8-16/h3-6,9-10,13,16H,7-8,11-12H2,1-2H3. The molecule has 1 fully saturated rings. The van der Waals surface area contributed by atoms with Crippen molar-refractivity contribution in [1.29, 1.82) is 0 Å². The Morgan fingerprint density at radius 3 is 2.59 bits per heavy atom. The molecule has 7 heteroatoms. The van der Waals surface area contributed by atoms with Gasteiger partial charge in [-0.05, 0) is 63.5 Å². The summed E-state index contributed by atoms with van der Waals surface area (Å²) >= 11 is 3.29. The van der Waals surface area contributed by atoms with Gasteiger partial charge in [-0.3, -0.25) is 14.3 Å². The predicted molar refractivity (Wildman–Crippen MR) is 121 cm³/mol. The maximum atomic E-state index is 13.9. The molecule has 0 radical (unpaired) electrons. The van der Waals surface area contributed by atoms with Crippen molar-refractivity contribution in [2.75, 3.05) is 20.1 Å². The molecule has 1 aliphatic heterocycles. The Bertz CT molecular complexity index is 1200. The molecule has 4 aromatic rings. The third-order valence-electron chi connectivity index (χ3n) is 5.69. The largest absolute Gasteiger partial charge is 0.306 e. The van der Waals surface area contributed by atoms with E-state index in [4.69, 9.17) is 4.98 Å². The Morgan fingerprint density at radius 2 is 1.90 bits per heavy atom. The van der Waals surface area contributed by atoms with Crippen LogP contribution in [0.2, 0.25) is 0 Å². The molecule has 1 saturated heterocycles. The number of piperidine rings is 1. The summed E-state index contributed by atoms with van der Waals surface area (Å²) in [6.07, 6.45) is 5.45. The average Bonchev–Trinajstić information content (AvgIpc) is 3.36. The van der Waals surface area contributed by atoms with Crippen molar-refractivity contribution in [2.24, 2.45) is 0 Å². The van der Waals surface area contributed by atoms with E-state index in [1.54, 1.807) is 35.1 Å². The van der Waals surface area contributed by atoms with Crippen molar-refractivity contribution in [3.63, 3.8) is 0 Å². The van der Waals surface area contributed by atoms with Gasteiger partial charge in [0.05, 0.1) is 5.39 Å². The number of thiophene rings is 2. The first-order valence-electron chi connectivity index (χ1n) is 9.82. The van der Waals surface area contributed by atoms with E-state index >= 15 is 0 Å². The Balaban J connectivity index is 1.80. The molecule has 0 bridgehead atoms. The summed E-state index contributed by atoms with van der Waals surface area (Å²) in [5.74, 6) is 0.762. The van der Waals surface area contributed by atoms with Crippen LogP contribution in [0.3, 0.4) is 0 Å². The maximum Gasteiger partial charge on any atom is 0.263 e. The first-order chi connectivity index (χ1) is 14.1. The van der Waals surface area contributed by atoms with Gasteiger partial charge in [-0.25, -0.2) is 4.98 Å². The van der Waals surface area contributed by atoms with Crippen LogP contribution in [0.15, 0.2) is 46.8 Å². The van der Waals surface area contributed by atoms with Crippen molar-refractivity contribution in [3.05, 3.63) is 57.3 Å². The van der Waals surface area contributed by atoms with Crippen LogP contribution < -0.4 is 5.56 Å². The zero-order chi connectivity index (χ0) is 20.0. The van der Waals surface area contributed by atoms with Crippen LogP contribution in [-0.2, 0) is 0 Å². The smallest absolute Gasteiger partial charge is 0.263 e. The van der Waals surface area contributed by atoms with E-state index in [-0.39, 0.29) is 11.6 Å². The molecule has 0 unspecified atom stereocenters. The summed E-state index contributed by atoms with van der Waals surface area (Å²) < 4.78 is 1.97. The second kappa shape index (κ2) is 7.48. The Morgan fingerprint density at radius 1 is 1.14 bits per heavy atom. The first-order valence-corrected chi connectivity index (χ1v) is 11.5. The lowest BCUT2D eigenvalue weighted by Gasteiger charge is -2.31. The highest BCUT2D eigenvalue weighted by molar-refractivity contribution is 7.20. The molecule has 1 aliphatic rings. The van der Waals surface area contributed by atoms with Gasteiger partial charge in [0.25, 0.3) is 5.56 Å². The molecule has 0 aromatic carbocycles. The van der Waals surface area contributed by atoms with Crippen molar-refractivity contribution in [1.82, 2.24) is 19.4 Å². The van der Waals surface area contributed by atoms with Gasteiger partial charge in [0.1, 0.15) is 10.7 Å². The fraction of sp³-hybridized carbons (Fsp3) is 0.318. The molecular weight excluding hydrogens is 400 g/mol. The fourth-order valence-corrected chi connectivity index (χ4v) is 6.11. The van der Waals surface area contributed by atoms with Crippen LogP contribution in [0.25, 0.3) is 32.0 Å². The highest BCUT2D eigenvalue weighted by atomic mass is 32.1. The molecule has 0 atom stereocenters. The molecule has 0 aliphatic carbocycles. The summed E-state index contributed by atoms with van der Waals surface area (Å²) in [5, 5.41) is 2.83. The van der Waals surface area contributed by atoms with E-state index in [1.165, 1.54) is 0 Å². The second-order valence-corrected chi connectivity index (χ2v) is 9.72. The number of aromatic nitrogens is 3. The third-order valence-corrected chi connectivity index (χ3v) is 7.58. The lowest BCUT2D eigenvalue weighted by atomic mass is 10.0. The Hall–Kier alpha value is -2.35. The number of fused-ring (bicyclic) bond motifs is 1. The molecule has 4 aromatic heterocycles. The zero-order valence-electron chi connectivity index (χ0n) is 16.5. The summed E-state index contributed by atoms with van der Waals surface area (Å²) in [7, 11) is 2.14. The van der Waals surface area contributed by atoms with Gasteiger partial charge in [0.15, 0.2) is 0 Å². The SMILES string of the molecule is Cc1sc2nc(-c3ccncc3)n(C3CCN(C)CC3)c(=O)c2c1-c1cccs1. The molecule has 5 heterocycles. The van der Waals surface area contributed by atoms with E-state index in [0.717, 1.165) is 62.9 Å². The van der Waals surface area contributed by atoms with Crippen LogP contribution in [-0.4, -0.2) is 39.6 Å². The fourth-order valence-electron chi connectivity index (χ4n) is 4.19. The van der Waals surface area contributed by atoms with Crippen molar-refractivity contribution >= 4 is 32.9 Å². The molecule has 0 saturated carbocycles. The highest BCUT2D eigenvalue weighted by Gasteiger charge is 2.26. The van der Waals surface area contributed by atoms with Gasteiger partial charge in [-0.2, -0.15) is 0 Å². The maximum absolute atomic E-state index is 13.9. The Kier molecular flexibility index (Phi) is 4.81. The molecular formula is C22H22N4OS2. The van der Waals surface area contributed by atoms with Crippen LogP contribution in [0.1, 0.15) is 23.8 Å². The number of nitrogens with zero attached hydrogens (tertiary/aromatic N) is 4. The van der Waals surface area contributed by atoms with Gasteiger partial charge in [-0.15, -0.1) is 22.7 Å². The van der Waals surface area contributed by atoms with E-state index < -0.39 is 0 Å². The van der Waals surface area contributed by atoms with Gasteiger partial charge in [0.2, 0.25) is 0 Å². The van der Waals surface area contributed by atoms with E-state index in [0.29, 0.717) is 0 Å². The van der Waals surface area contributed by atoms with Crippen LogP contribution >= 0.6 is 22.7 Å². The number of hydrogen-bond donors (Lipinski definition) is 0. The lowest BCUT2D eigenvalue weighted by Crippen LogP contribution is -2.36. The number of rotatable bonds is 3. The minimum Gasteiger partial charge on any atom is -0.306 e. The van der Waals surface area contributed by atoms with E-state index in [2.05, 4.69) is 35.3 Å². The van der Waals surface area contributed by atoms with Gasteiger partial charge >= 0.3 is 0 Å². The monoisotopic (exact) mass is 422 g/mol. The van der Waals surface area contributed by atoms with Gasteiger partial charge in [0, 0.05) is 39.3 Å². The summed E-state index contributed by atoms with van der Waals surface area (Å²) in [6.45, 7) is 4.07. The zero-order valence-corrected chi connectivity index (χ0v) is 18.1. The molecule has 5 nitrogen and oxygen atoms in total. The number of likely N-dealkylation sites (tertiary alicyclic amines) is 1. The number of hydrogen-bond acceptors (Lipinski definition) is 6. The van der Waals surface area contributed by atoms with Crippen molar-refractivity contribution < 1.29 is 0 Å². The minimum atomic E-state index is 0.0871. The summed E-state index contributed by atoms with van der Waals surface area (Å²) in [5.41, 5.74) is 2.09. The molecule has 29 heavy (non-hydrogen) atoms. The summed E-state index contributed by atoms with van der Waals surface area (Å²) in [6, 6.07) is 8.18. The number of aryl methyl sites for hydroxylation is 1. The number of pyridine rings is 1. The van der Waals surface area contributed by atoms with E-state index in [9.17, 15) is 4.79 Å².